The quantitative estimate of drug-likeness (QED) is 0.863. The van der Waals surface area contributed by atoms with E-state index in [-0.39, 0.29) is 0 Å². The summed E-state index contributed by atoms with van der Waals surface area (Å²) in [6.07, 6.45) is 0. The molecule has 0 spiro atoms. The molecular weight excluding hydrogens is 264 g/mol. The maximum atomic E-state index is 5.83. The van der Waals surface area contributed by atoms with Gasteiger partial charge in [-0.3, -0.25) is 0 Å². The number of rotatable bonds is 4. The zero-order valence-corrected chi connectivity index (χ0v) is 13.4. The van der Waals surface area contributed by atoms with E-state index in [9.17, 15) is 0 Å². The third-order valence-electron chi connectivity index (χ3n) is 4.12. The van der Waals surface area contributed by atoms with Crippen LogP contribution in [-0.4, -0.2) is 18.1 Å². The van der Waals surface area contributed by atoms with E-state index in [1.165, 1.54) is 11.1 Å². The van der Waals surface area contributed by atoms with Crippen LogP contribution in [0, 0.1) is 5.92 Å². The van der Waals surface area contributed by atoms with Crippen molar-refractivity contribution in [3.8, 4) is 0 Å². The van der Waals surface area contributed by atoms with Crippen molar-refractivity contribution in [2.45, 2.75) is 26.8 Å². The van der Waals surface area contributed by atoms with Crippen molar-refractivity contribution in [2.24, 2.45) is 11.7 Å². The summed E-state index contributed by atoms with van der Waals surface area (Å²) in [5, 5.41) is 2.33. The van der Waals surface area contributed by atoms with Gasteiger partial charge in [-0.2, -0.15) is 0 Å². The molecule has 106 valence electrons. The van der Waals surface area contributed by atoms with E-state index in [2.05, 4.69) is 57.0 Å². The van der Waals surface area contributed by atoms with Crippen LogP contribution < -0.4 is 10.6 Å². The molecule has 0 saturated carbocycles. The third-order valence-corrected chi connectivity index (χ3v) is 4.34. The van der Waals surface area contributed by atoms with Crippen LogP contribution in [0.4, 0.5) is 5.69 Å². The Balaban J connectivity index is 2.62. The number of hydrogen-bond acceptors (Lipinski definition) is 2. The molecule has 3 heteroatoms. The number of anilines is 1. The van der Waals surface area contributed by atoms with Crippen molar-refractivity contribution in [1.82, 2.24) is 0 Å². The van der Waals surface area contributed by atoms with E-state index in [1.807, 2.05) is 12.1 Å². The molecule has 0 aliphatic rings. The van der Waals surface area contributed by atoms with E-state index in [0.717, 1.165) is 10.9 Å². The molecule has 0 amide bonds. The lowest BCUT2D eigenvalue weighted by Crippen LogP contribution is -2.33. The Morgan fingerprint density at radius 2 is 1.65 bits per heavy atom. The first-order valence-electron chi connectivity index (χ1n) is 6.98. The summed E-state index contributed by atoms with van der Waals surface area (Å²) in [5.41, 5.74) is 8.00. The van der Waals surface area contributed by atoms with Crippen LogP contribution in [0.15, 0.2) is 36.4 Å². The van der Waals surface area contributed by atoms with Gasteiger partial charge in [-0.05, 0) is 30.4 Å². The van der Waals surface area contributed by atoms with E-state index in [4.69, 9.17) is 18.0 Å². The van der Waals surface area contributed by atoms with Crippen molar-refractivity contribution in [2.75, 3.05) is 11.9 Å². The van der Waals surface area contributed by atoms with Gasteiger partial charge in [0.15, 0.2) is 0 Å². The number of nitrogens with two attached hydrogens (primary N) is 1. The second-order valence-electron chi connectivity index (χ2n) is 5.64. The van der Waals surface area contributed by atoms with Crippen molar-refractivity contribution < 1.29 is 0 Å². The minimum Gasteiger partial charge on any atom is -0.389 e. The summed E-state index contributed by atoms with van der Waals surface area (Å²) >= 11 is 5.16. The highest BCUT2D eigenvalue weighted by molar-refractivity contribution is 7.80. The van der Waals surface area contributed by atoms with Gasteiger partial charge in [-0.1, -0.05) is 50.3 Å². The second kappa shape index (κ2) is 5.80. The topological polar surface area (TPSA) is 29.3 Å². The molecule has 0 aromatic heterocycles. The number of thiocarbonyl (C=S) groups is 1. The molecule has 2 rings (SSSR count). The largest absolute Gasteiger partial charge is 0.389 e. The summed E-state index contributed by atoms with van der Waals surface area (Å²) in [6.45, 7) is 6.74. The van der Waals surface area contributed by atoms with Gasteiger partial charge in [0.25, 0.3) is 0 Å². The first-order valence-corrected chi connectivity index (χ1v) is 7.38. The fourth-order valence-corrected chi connectivity index (χ4v) is 2.65. The average Bonchev–Trinajstić information content (AvgIpc) is 2.44. The SMILES string of the molecule is CC(C)C(C)N(C)c1ccc(C(N)=S)c2ccccc12. The smallest absolute Gasteiger partial charge is 0.104 e. The molecule has 2 aromatic rings. The Morgan fingerprint density at radius 1 is 1.05 bits per heavy atom. The van der Waals surface area contributed by atoms with Crippen LogP contribution in [0.1, 0.15) is 26.3 Å². The van der Waals surface area contributed by atoms with Crippen molar-refractivity contribution in [1.29, 1.82) is 0 Å². The summed E-state index contributed by atoms with van der Waals surface area (Å²) in [7, 11) is 2.15. The van der Waals surface area contributed by atoms with Crippen LogP contribution in [0.25, 0.3) is 10.8 Å². The number of nitrogens with zero attached hydrogens (tertiary/aromatic N) is 1. The van der Waals surface area contributed by atoms with Crippen LogP contribution in [0.2, 0.25) is 0 Å². The molecule has 2 aromatic carbocycles. The average molecular weight is 286 g/mol. The number of benzene rings is 2. The Hall–Kier alpha value is -1.61. The first kappa shape index (κ1) is 14.8. The molecule has 2 nitrogen and oxygen atoms in total. The van der Waals surface area contributed by atoms with Crippen LogP contribution in [-0.2, 0) is 0 Å². The Morgan fingerprint density at radius 3 is 2.20 bits per heavy atom. The number of fused-ring (bicyclic) bond motifs is 1. The second-order valence-corrected chi connectivity index (χ2v) is 6.08. The summed E-state index contributed by atoms with van der Waals surface area (Å²) < 4.78 is 0. The lowest BCUT2D eigenvalue weighted by molar-refractivity contribution is 0.506. The molecular formula is C17H22N2S. The van der Waals surface area contributed by atoms with Crippen molar-refractivity contribution in [3.05, 3.63) is 42.0 Å². The third kappa shape index (κ3) is 2.63. The highest BCUT2D eigenvalue weighted by atomic mass is 32.1. The van der Waals surface area contributed by atoms with Gasteiger partial charge in [0.2, 0.25) is 0 Å². The van der Waals surface area contributed by atoms with Gasteiger partial charge in [-0.15, -0.1) is 0 Å². The monoisotopic (exact) mass is 286 g/mol. The van der Waals surface area contributed by atoms with E-state index in [0.29, 0.717) is 16.9 Å². The zero-order chi connectivity index (χ0) is 14.9. The summed E-state index contributed by atoms with van der Waals surface area (Å²) in [6, 6.07) is 12.9. The zero-order valence-electron chi connectivity index (χ0n) is 12.6. The van der Waals surface area contributed by atoms with Crippen molar-refractivity contribution in [3.63, 3.8) is 0 Å². The van der Waals surface area contributed by atoms with E-state index >= 15 is 0 Å². The molecule has 1 atom stereocenters. The molecule has 0 radical (unpaired) electrons. The van der Waals surface area contributed by atoms with Gasteiger partial charge in [-0.25, -0.2) is 0 Å². The van der Waals surface area contributed by atoms with Gasteiger partial charge >= 0.3 is 0 Å². The van der Waals surface area contributed by atoms with Gasteiger partial charge < -0.3 is 10.6 Å². The fraction of sp³-hybridized carbons (Fsp3) is 0.353. The Bertz CT molecular complexity index is 634. The van der Waals surface area contributed by atoms with E-state index < -0.39 is 0 Å². The maximum Gasteiger partial charge on any atom is 0.104 e. The first-order chi connectivity index (χ1) is 9.43. The molecule has 0 fully saturated rings. The maximum absolute atomic E-state index is 5.83. The van der Waals surface area contributed by atoms with Gasteiger partial charge in [0.1, 0.15) is 4.99 Å². The molecule has 20 heavy (non-hydrogen) atoms. The Labute approximate surface area is 126 Å². The highest BCUT2D eigenvalue weighted by Crippen LogP contribution is 2.31. The molecule has 0 heterocycles. The fourth-order valence-electron chi connectivity index (χ4n) is 2.47. The number of hydrogen-bond donors (Lipinski definition) is 1. The predicted octanol–water partition coefficient (Wildman–Crippen LogP) is 3.95. The summed E-state index contributed by atoms with van der Waals surface area (Å²) in [5.74, 6) is 0.592. The predicted molar refractivity (Wildman–Crippen MR) is 92.5 cm³/mol. The minimum atomic E-state index is 0.451. The lowest BCUT2D eigenvalue weighted by atomic mass is 9.99. The highest BCUT2D eigenvalue weighted by Gasteiger charge is 2.17. The molecule has 0 aliphatic heterocycles. The lowest BCUT2D eigenvalue weighted by Gasteiger charge is -2.31. The van der Waals surface area contributed by atoms with Crippen LogP contribution in [0.3, 0.4) is 0 Å². The van der Waals surface area contributed by atoms with Crippen molar-refractivity contribution >= 4 is 33.7 Å². The molecule has 0 bridgehead atoms. The van der Waals surface area contributed by atoms with Gasteiger partial charge in [0, 0.05) is 29.7 Å². The molecule has 1 unspecified atom stereocenters. The minimum absolute atomic E-state index is 0.451. The van der Waals surface area contributed by atoms with Gasteiger partial charge in [0.05, 0.1) is 0 Å². The van der Waals surface area contributed by atoms with Crippen LogP contribution in [0.5, 0.6) is 0 Å². The van der Waals surface area contributed by atoms with E-state index in [1.54, 1.807) is 0 Å². The molecule has 0 aliphatic carbocycles. The normalized spacial score (nSPS) is 12.7. The molecule has 0 saturated heterocycles. The van der Waals surface area contributed by atoms with Crippen LogP contribution >= 0.6 is 12.2 Å². The molecule has 2 N–H and O–H groups in total. The summed E-state index contributed by atoms with van der Waals surface area (Å²) in [4.78, 5) is 2.78. The standard InChI is InChI=1S/C17H22N2S/c1-11(2)12(3)19(4)16-10-9-15(17(18)20)13-7-5-6-8-14(13)16/h5-12H,1-4H3,(H2,18,20). The Kier molecular flexibility index (Phi) is 4.29.